The number of carbonyl (C=O) groups excluding carboxylic acids is 1. The molecule has 0 aliphatic carbocycles. The zero-order valence-electron chi connectivity index (χ0n) is 15.7. The predicted octanol–water partition coefficient (Wildman–Crippen LogP) is 2.19. The molecule has 2 aliphatic heterocycles. The van der Waals surface area contributed by atoms with Crippen molar-refractivity contribution in [3.63, 3.8) is 0 Å². The van der Waals surface area contributed by atoms with Gasteiger partial charge in [0.05, 0.1) is 7.11 Å². The standard InChI is InChI=1S/C18H20N2O6S2.ClH/c1-24-18(21)17-16(4-9-27-17)28(22,23)20-7-5-19(6-8-20)11-13-2-3-14-15(10-13)26-12-25-14;/h2-4,9-10H,5-8,11-12H2,1H3;1H. The van der Waals surface area contributed by atoms with Gasteiger partial charge in [0.15, 0.2) is 11.5 Å². The van der Waals surface area contributed by atoms with Crippen molar-refractivity contribution in [2.24, 2.45) is 0 Å². The molecule has 0 spiro atoms. The van der Waals surface area contributed by atoms with E-state index in [0.717, 1.165) is 28.4 Å². The van der Waals surface area contributed by atoms with E-state index >= 15 is 0 Å². The van der Waals surface area contributed by atoms with E-state index in [-0.39, 0.29) is 29.0 Å². The third kappa shape index (κ3) is 4.36. The Hall–Kier alpha value is -1.85. The quantitative estimate of drug-likeness (QED) is 0.632. The summed E-state index contributed by atoms with van der Waals surface area (Å²) in [7, 11) is -2.49. The minimum atomic E-state index is -3.73. The molecule has 29 heavy (non-hydrogen) atoms. The summed E-state index contributed by atoms with van der Waals surface area (Å²) < 4.78 is 42.8. The summed E-state index contributed by atoms with van der Waals surface area (Å²) in [6.07, 6.45) is 0. The Bertz CT molecular complexity index is 986. The lowest BCUT2D eigenvalue weighted by atomic mass is 10.2. The molecule has 0 bridgehead atoms. The number of sulfonamides is 1. The van der Waals surface area contributed by atoms with Gasteiger partial charge in [-0.3, -0.25) is 4.90 Å². The zero-order valence-corrected chi connectivity index (χ0v) is 18.1. The molecule has 4 rings (SSSR count). The van der Waals surface area contributed by atoms with Crippen molar-refractivity contribution in [1.29, 1.82) is 0 Å². The van der Waals surface area contributed by atoms with Crippen LogP contribution in [0.4, 0.5) is 0 Å². The Morgan fingerprint density at radius 1 is 1.14 bits per heavy atom. The lowest BCUT2D eigenvalue weighted by Gasteiger charge is -2.34. The molecule has 1 aromatic heterocycles. The maximum absolute atomic E-state index is 13.0. The van der Waals surface area contributed by atoms with Crippen LogP contribution in [0.3, 0.4) is 0 Å². The number of hydrogen-bond acceptors (Lipinski definition) is 8. The van der Waals surface area contributed by atoms with E-state index in [2.05, 4.69) is 4.90 Å². The first-order valence-corrected chi connectivity index (χ1v) is 11.1. The van der Waals surface area contributed by atoms with Gasteiger partial charge in [0.1, 0.15) is 9.77 Å². The molecular formula is C18H21ClN2O6S2. The lowest BCUT2D eigenvalue weighted by Crippen LogP contribution is -2.48. The van der Waals surface area contributed by atoms with Gasteiger partial charge in [-0.1, -0.05) is 6.07 Å². The van der Waals surface area contributed by atoms with Crippen molar-refractivity contribution >= 4 is 39.7 Å². The van der Waals surface area contributed by atoms with E-state index in [1.807, 2.05) is 18.2 Å². The average molecular weight is 461 g/mol. The molecule has 0 unspecified atom stereocenters. The predicted molar refractivity (Wildman–Crippen MR) is 110 cm³/mol. The Balaban J connectivity index is 0.00000240. The summed E-state index contributed by atoms with van der Waals surface area (Å²) in [5.41, 5.74) is 1.09. The molecule has 2 aromatic rings. The molecule has 0 amide bonds. The molecule has 158 valence electrons. The van der Waals surface area contributed by atoms with Crippen molar-refractivity contribution in [3.8, 4) is 11.5 Å². The second-order valence-electron chi connectivity index (χ2n) is 6.47. The summed E-state index contributed by atoms with van der Waals surface area (Å²) in [5.74, 6) is 0.860. The van der Waals surface area contributed by atoms with Gasteiger partial charge in [0, 0.05) is 32.7 Å². The molecule has 0 N–H and O–H groups in total. The smallest absolute Gasteiger partial charge is 0.349 e. The molecule has 2 aliphatic rings. The van der Waals surface area contributed by atoms with Gasteiger partial charge in [-0.05, 0) is 29.1 Å². The molecule has 1 aromatic carbocycles. The van der Waals surface area contributed by atoms with Gasteiger partial charge in [0.2, 0.25) is 16.8 Å². The van der Waals surface area contributed by atoms with Crippen LogP contribution in [0, 0.1) is 0 Å². The van der Waals surface area contributed by atoms with Crippen LogP contribution in [0.25, 0.3) is 0 Å². The Morgan fingerprint density at radius 2 is 1.86 bits per heavy atom. The van der Waals surface area contributed by atoms with Crippen LogP contribution < -0.4 is 9.47 Å². The van der Waals surface area contributed by atoms with E-state index in [1.165, 1.54) is 17.5 Å². The number of methoxy groups -OCH3 is 1. The van der Waals surface area contributed by atoms with Crippen molar-refractivity contribution < 1.29 is 27.4 Å². The molecular weight excluding hydrogens is 440 g/mol. The third-order valence-corrected chi connectivity index (χ3v) is 7.76. The van der Waals surface area contributed by atoms with E-state index < -0.39 is 16.0 Å². The fourth-order valence-electron chi connectivity index (χ4n) is 3.31. The van der Waals surface area contributed by atoms with Crippen molar-refractivity contribution in [1.82, 2.24) is 9.21 Å². The Kier molecular flexibility index (Phi) is 6.69. The number of hydrogen-bond donors (Lipinski definition) is 0. The first kappa shape index (κ1) is 21.8. The topological polar surface area (TPSA) is 85.4 Å². The number of halogens is 1. The highest BCUT2D eigenvalue weighted by Crippen LogP contribution is 2.33. The summed E-state index contributed by atoms with van der Waals surface area (Å²) in [6, 6.07) is 7.30. The zero-order chi connectivity index (χ0) is 19.7. The highest BCUT2D eigenvalue weighted by molar-refractivity contribution is 7.89. The normalized spacial score (nSPS) is 17.0. The van der Waals surface area contributed by atoms with Crippen LogP contribution in [-0.4, -0.2) is 63.7 Å². The monoisotopic (exact) mass is 460 g/mol. The highest BCUT2D eigenvalue weighted by Gasteiger charge is 2.33. The van der Waals surface area contributed by atoms with Crippen LogP contribution in [-0.2, 0) is 21.3 Å². The van der Waals surface area contributed by atoms with Crippen LogP contribution in [0.15, 0.2) is 34.5 Å². The van der Waals surface area contributed by atoms with E-state index in [1.54, 1.807) is 5.38 Å². The molecule has 1 fully saturated rings. The number of benzene rings is 1. The molecule has 1 saturated heterocycles. The fraction of sp³-hybridized carbons (Fsp3) is 0.389. The van der Waals surface area contributed by atoms with Gasteiger partial charge in [0.25, 0.3) is 0 Å². The van der Waals surface area contributed by atoms with Gasteiger partial charge in [-0.15, -0.1) is 23.7 Å². The summed E-state index contributed by atoms with van der Waals surface area (Å²) >= 11 is 1.07. The van der Waals surface area contributed by atoms with Crippen molar-refractivity contribution in [2.75, 3.05) is 40.1 Å². The molecule has 8 nitrogen and oxygen atoms in total. The third-order valence-electron chi connectivity index (χ3n) is 4.79. The first-order chi connectivity index (χ1) is 13.5. The molecule has 0 atom stereocenters. The number of carbonyl (C=O) groups is 1. The molecule has 0 saturated carbocycles. The number of esters is 1. The minimum absolute atomic E-state index is 0. The average Bonchev–Trinajstić information content (AvgIpc) is 3.37. The van der Waals surface area contributed by atoms with Crippen LogP contribution in [0.2, 0.25) is 0 Å². The van der Waals surface area contributed by atoms with Gasteiger partial charge in [-0.2, -0.15) is 4.31 Å². The van der Waals surface area contributed by atoms with Crippen molar-refractivity contribution in [2.45, 2.75) is 11.4 Å². The number of thiophene rings is 1. The number of piperazine rings is 1. The van der Waals surface area contributed by atoms with Gasteiger partial charge >= 0.3 is 5.97 Å². The Labute approximate surface area is 179 Å². The lowest BCUT2D eigenvalue weighted by molar-refractivity contribution is 0.0602. The van der Waals surface area contributed by atoms with Crippen LogP contribution in [0.5, 0.6) is 11.5 Å². The summed E-state index contributed by atoms with van der Waals surface area (Å²) in [5, 5.41) is 1.59. The maximum Gasteiger partial charge on any atom is 0.349 e. The first-order valence-electron chi connectivity index (χ1n) is 8.76. The minimum Gasteiger partial charge on any atom is -0.465 e. The largest absolute Gasteiger partial charge is 0.465 e. The Morgan fingerprint density at radius 3 is 2.59 bits per heavy atom. The SMILES string of the molecule is COC(=O)c1sccc1S(=O)(=O)N1CCN(Cc2ccc3c(c2)OCO3)CC1.Cl. The van der Waals surface area contributed by atoms with Crippen molar-refractivity contribution in [3.05, 3.63) is 40.1 Å². The summed E-state index contributed by atoms with van der Waals surface area (Å²) in [4.78, 5) is 14.2. The van der Waals surface area contributed by atoms with E-state index in [4.69, 9.17) is 14.2 Å². The molecule has 0 radical (unpaired) electrons. The van der Waals surface area contributed by atoms with Crippen LogP contribution in [0.1, 0.15) is 15.2 Å². The number of nitrogens with zero attached hydrogens (tertiary/aromatic N) is 2. The van der Waals surface area contributed by atoms with E-state index in [0.29, 0.717) is 32.7 Å². The van der Waals surface area contributed by atoms with Gasteiger partial charge < -0.3 is 14.2 Å². The number of ether oxygens (including phenoxy) is 3. The second kappa shape index (κ2) is 8.88. The van der Waals surface area contributed by atoms with E-state index in [9.17, 15) is 13.2 Å². The number of fused-ring (bicyclic) bond motifs is 1. The highest BCUT2D eigenvalue weighted by atomic mass is 35.5. The summed E-state index contributed by atoms with van der Waals surface area (Å²) in [6.45, 7) is 2.88. The molecule has 3 heterocycles. The second-order valence-corrected chi connectivity index (χ2v) is 9.30. The maximum atomic E-state index is 13.0. The molecule has 11 heteroatoms. The fourth-order valence-corrected chi connectivity index (χ4v) is 6.04. The van der Waals surface area contributed by atoms with Gasteiger partial charge in [-0.25, -0.2) is 13.2 Å². The van der Waals surface area contributed by atoms with Crippen LogP contribution >= 0.6 is 23.7 Å². The number of rotatable bonds is 5.